The average Bonchev–Trinajstić information content (AvgIpc) is 3.42. The zero-order valence-electron chi connectivity index (χ0n) is 19.1. The number of nitrogens with one attached hydrogen (secondary N) is 1. The van der Waals surface area contributed by atoms with E-state index >= 15 is 0 Å². The molecule has 1 amide bonds. The molecule has 33 heavy (non-hydrogen) atoms. The van der Waals surface area contributed by atoms with Crippen molar-refractivity contribution in [2.75, 3.05) is 36.1 Å². The Hall–Kier alpha value is -2.69. The van der Waals surface area contributed by atoms with E-state index < -0.39 is 21.7 Å². The van der Waals surface area contributed by atoms with E-state index in [-0.39, 0.29) is 28.4 Å². The normalized spacial score (nSPS) is 21.0. The van der Waals surface area contributed by atoms with E-state index in [4.69, 9.17) is 4.52 Å². The Morgan fingerprint density at radius 3 is 2.61 bits per heavy atom. The predicted molar refractivity (Wildman–Crippen MR) is 121 cm³/mol. The summed E-state index contributed by atoms with van der Waals surface area (Å²) in [5, 5.41) is 7.07. The lowest BCUT2D eigenvalue weighted by atomic mass is 10.0. The molecular formula is C22H30FN5O4S. The van der Waals surface area contributed by atoms with Gasteiger partial charge in [0.15, 0.2) is 9.84 Å². The van der Waals surface area contributed by atoms with E-state index in [0.717, 1.165) is 44.7 Å². The van der Waals surface area contributed by atoms with Crippen molar-refractivity contribution < 1.29 is 22.1 Å². The van der Waals surface area contributed by atoms with Gasteiger partial charge >= 0.3 is 0 Å². The minimum atomic E-state index is -3.49. The van der Waals surface area contributed by atoms with Crippen LogP contribution in [0.1, 0.15) is 51.3 Å². The summed E-state index contributed by atoms with van der Waals surface area (Å²) in [5.74, 6) is 0.731. The van der Waals surface area contributed by atoms with E-state index in [1.54, 1.807) is 0 Å². The lowest BCUT2D eigenvalue weighted by Gasteiger charge is -2.36. The number of hydrogen-bond donors (Lipinski definition) is 1. The molecule has 0 radical (unpaired) electrons. The van der Waals surface area contributed by atoms with Crippen LogP contribution in [0.15, 0.2) is 27.6 Å². The maximum absolute atomic E-state index is 14.4. The summed E-state index contributed by atoms with van der Waals surface area (Å²) in [6, 6.07) is 3.28. The van der Waals surface area contributed by atoms with Gasteiger partial charge in [-0.3, -0.25) is 4.79 Å². The zero-order chi connectivity index (χ0) is 23.8. The van der Waals surface area contributed by atoms with Gasteiger partial charge in [0.05, 0.1) is 10.6 Å². The minimum Gasteiger partial charge on any atom is -0.371 e. The number of piperidine rings is 1. The van der Waals surface area contributed by atoms with E-state index in [0.29, 0.717) is 24.8 Å². The van der Waals surface area contributed by atoms with Crippen molar-refractivity contribution in [3.63, 3.8) is 0 Å². The number of halogens is 1. The number of nitrogens with zero attached hydrogens (tertiary/aromatic N) is 4. The fourth-order valence-electron chi connectivity index (χ4n) is 4.34. The summed E-state index contributed by atoms with van der Waals surface area (Å²) in [6.07, 6.45) is 4.12. The van der Waals surface area contributed by atoms with Crippen LogP contribution >= 0.6 is 0 Å². The van der Waals surface area contributed by atoms with Gasteiger partial charge < -0.3 is 19.6 Å². The first-order valence-corrected chi connectivity index (χ1v) is 13.2. The average molecular weight is 480 g/mol. The predicted octanol–water partition coefficient (Wildman–Crippen LogP) is 2.81. The maximum Gasteiger partial charge on any atom is 0.266 e. The van der Waals surface area contributed by atoms with Gasteiger partial charge in [-0.05, 0) is 49.0 Å². The highest BCUT2D eigenvalue weighted by atomic mass is 32.2. The van der Waals surface area contributed by atoms with Crippen LogP contribution in [-0.2, 0) is 14.6 Å². The molecule has 2 aromatic rings. The highest BCUT2D eigenvalue weighted by molar-refractivity contribution is 7.90. The Kier molecular flexibility index (Phi) is 6.60. The van der Waals surface area contributed by atoms with Crippen LogP contribution in [0.5, 0.6) is 0 Å². The van der Waals surface area contributed by atoms with Gasteiger partial charge in [-0.25, -0.2) is 12.8 Å². The third kappa shape index (κ3) is 4.97. The molecule has 2 saturated heterocycles. The second-order valence-electron chi connectivity index (χ2n) is 8.89. The number of carbonyl (C=O) groups excluding carboxylic acids is 1. The molecule has 2 aliphatic rings. The van der Waals surface area contributed by atoms with Crippen LogP contribution in [0.25, 0.3) is 0 Å². The topological polar surface area (TPSA) is 109 Å². The lowest BCUT2D eigenvalue weighted by molar-refractivity contribution is -0.130. The largest absolute Gasteiger partial charge is 0.371 e. The highest BCUT2D eigenvalue weighted by Gasteiger charge is 2.38. The molecule has 9 nitrogen and oxygen atoms in total. The molecule has 4 rings (SSSR count). The van der Waals surface area contributed by atoms with Crippen molar-refractivity contribution in [3.05, 3.63) is 29.9 Å². The van der Waals surface area contributed by atoms with E-state index in [1.807, 2.05) is 4.90 Å². The number of sulfone groups is 1. The van der Waals surface area contributed by atoms with Gasteiger partial charge in [-0.2, -0.15) is 4.98 Å². The Morgan fingerprint density at radius 1 is 1.24 bits per heavy atom. The first kappa shape index (κ1) is 23.5. The first-order valence-electron chi connectivity index (χ1n) is 11.3. The molecule has 0 spiro atoms. The van der Waals surface area contributed by atoms with Crippen molar-refractivity contribution in [3.8, 4) is 0 Å². The van der Waals surface area contributed by atoms with Crippen LogP contribution in [0, 0.1) is 5.82 Å². The quantitative estimate of drug-likeness (QED) is 0.646. The van der Waals surface area contributed by atoms with E-state index in [1.165, 1.54) is 12.1 Å². The number of aromatic nitrogens is 2. The Labute approximate surface area is 193 Å². The van der Waals surface area contributed by atoms with Gasteiger partial charge in [0.1, 0.15) is 11.9 Å². The van der Waals surface area contributed by atoms with Crippen LogP contribution < -0.4 is 10.2 Å². The van der Waals surface area contributed by atoms with Crippen molar-refractivity contribution in [1.82, 2.24) is 15.0 Å². The van der Waals surface area contributed by atoms with Crippen LogP contribution in [0.2, 0.25) is 0 Å². The monoisotopic (exact) mass is 479 g/mol. The molecule has 2 aliphatic heterocycles. The molecule has 180 valence electrons. The molecule has 1 aromatic heterocycles. The molecule has 2 fully saturated rings. The SMILES string of the molecule is CCC(C)c1nc(N2CCC(N3CCC(Nc4ccc(S(C)(=O)=O)cc4F)C3=O)CC2)no1. The number of benzene rings is 1. The van der Waals surface area contributed by atoms with E-state index in [9.17, 15) is 17.6 Å². The fourth-order valence-corrected chi connectivity index (χ4v) is 4.97. The number of rotatable bonds is 7. The van der Waals surface area contributed by atoms with Gasteiger partial charge in [0, 0.05) is 37.8 Å². The highest BCUT2D eigenvalue weighted by Crippen LogP contribution is 2.28. The molecule has 0 bridgehead atoms. The van der Waals surface area contributed by atoms with Gasteiger partial charge in [0.2, 0.25) is 11.8 Å². The van der Waals surface area contributed by atoms with Crippen LogP contribution in [0.3, 0.4) is 0 Å². The third-order valence-electron chi connectivity index (χ3n) is 6.59. The minimum absolute atomic E-state index is 0.0568. The molecule has 0 aliphatic carbocycles. The summed E-state index contributed by atoms with van der Waals surface area (Å²) in [4.78, 5) is 21.4. The molecule has 0 saturated carbocycles. The van der Waals surface area contributed by atoms with Crippen molar-refractivity contribution in [1.29, 1.82) is 0 Å². The smallest absolute Gasteiger partial charge is 0.266 e. The lowest BCUT2D eigenvalue weighted by Crippen LogP contribution is -2.47. The second kappa shape index (κ2) is 9.28. The van der Waals surface area contributed by atoms with Crippen molar-refractivity contribution >= 4 is 27.4 Å². The number of likely N-dealkylation sites (tertiary alicyclic amines) is 1. The second-order valence-corrected chi connectivity index (χ2v) is 10.9. The molecule has 1 aromatic carbocycles. The number of anilines is 2. The van der Waals surface area contributed by atoms with E-state index in [2.05, 4.69) is 34.2 Å². The first-order chi connectivity index (χ1) is 15.7. The zero-order valence-corrected chi connectivity index (χ0v) is 19.9. The summed E-state index contributed by atoms with van der Waals surface area (Å²) in [7, 11) is -3.49. The molecular weight excluding hydrogens is 449 g/mol. The van der Waals surface area contributed by atoms with Crippen molar-refractivity contribution in [2.45, 2.75) is 62.4 Å². The molecule has 2 unspecified atom stereocenters. The van der Waals surface area contributed by atoms with Crippen LogP contribution in [0.4, 0.5) is 16.0 Å². The summed E-state index contributed by atoms with van der Waals surface area (Å²) in [5.41, 5.74) is 0.131. The summed E-state index contributed by atoms with van der Waals surface area (Å²) >= 11 is 0. The third-order valence-corrected chi connectivity index (χ3v) is 7.70. The van der Waals surface area contributed by atoms with Crippen molar-refractivity contribution in [2.24, 2.45) is 0 Å². The Bertz CT molecular complexity index is 1110. The van der Waals surface area contributed by atoms with Gasteiger partial charge in [-0.15, -0.1) is 0 Å². The van der Waals surface area contributed by atoms with Gasteiger partial charge in [0.25, 0.3) is 5.95 Å². The molecule has 3 heterocycles. The summed E-state index contributed by atoms with van der Waals surface area (Å²) < 4.78 is 43.0. The standard InChI is InChI=1S/C22H30FN5O4S/c1-4-14(2)20-25-22(26-32-20)27-10-7-15(8-11-27)28-12-9-19(21(28)29)24-18-6-5-16(13-17(18)23)33(3,30)31/h5-6,13-15,19,24H,4,7-12H2,1-3H3. The summed E-state index contributed by atoms with van der Waals surface area (Å²) in [6.45, 7) is 6.19. The molecule has 1 N–H and O–H groups in total. The number of carbonyl (C=O) groups is 1. The maximum atomic E-state index is 14.4. The number of hydrogen-bond acceptors (Lipinski definition) is 8. The van der Waals surface area contributed by atoms with Crippen LogP contribution in [-0.4, -0.2) is 67.3 Å². The van der Waals surface area contributed by atoms with Gasteiger partial charge in [-0.1, -0.05) is 13.8 Å². The Balaban J connectivity index is 1.34. The number of amides is 1. The Morgan fingerprint density at radius 2 is 1.97 bits per heavy atom. The fraction of sp³-hybridized carbons (Fsp3) is 0.591. The molecule has 11 heteroatoms. The molecule has 2 atom stereocenters.